The second kappa shape index (κ2) is 8.64. The highest BCUT2D eigenvalue weighted by Gasteiger charge is 2.26. The van der Waals surface area contributed by atoms with Gasteiger partial charge in [-0.1, -0.05) is 36.4 Å². The summed E-state index contributed by atoms with van der Waals surface area (Å²) in [6.07, 6.45) is 0. The Hall–Kier alpha value is -3.36. The van der Waals surface area contributed by atoms with Crippen LogP contribution in [0, 0.1) is 6.92 Å². The molecule has 0 N–H and O–H groups in total. The second-order valence-electron chi connectivity index (χ2n) is 7.87. The van der Waals surface area contributed by atoms with Gasteiger partial charge in [-0.2, -0.15) is 9.78 Å². The van der Waals surface area contributed by atoms with Gasteiger partial charge in [0.2, 0.25) is 0 Å². The lowest BCUT2D eigenvalue weighted by Crippen LogP contribution is -2.48. The Morgan fingerprint density at radius 2 is 1.66 bits per heavy atom. The van der Waals surface area contributed by atoms with E-state index in [9.17, 15) is 9.59 Å². The number of hydrogen-bond acceptors (Lipinski definition) is 6. The van der Waals surface area contributed by atoms with Crippen LogP contribution in [0.5, 0.6) is 0 Å². The third-order valence-corrected chi connectivity index (χ3v) is 6.54. The normalized spacial score (nSPS) is 14.7. The van der Waals surface area contributed by atoms with E-state index >= 15 is 0 Å². The second-order valence-corrected chi connectivity index (χ2v) is 8.94. The van der Waals surface area contributed by atoms with Gasteiger partial charge < -0.3 is 4.90 Å². The number of carbonyl (C=O) groups excluding carboxylic acids is 1. The molecule has 1 aliphatic rings. The lowest BCUT2D eigenvalue weighted by atomic mass is 10.1. The maximum absolute atomic E-state index is 13.5. The van der Waals surface area contributed by atoms with Crippen molar-refractivity contribution in [2.45, 2.75) is 13.5 Å². The topological polar surface area (TPSA) is 71.3 Å². The van der Waals surface area contributed by atoms with Crippen LogP contribution in [0.3, 0.4) is 0 Å². The van der Waals surface area contributed by atoms with Crippen LogP contribution in [0.1, 0.15) is 21.2 Å². The van der Waals surface area contributed by atoms with Crippen LogP contribution in [0.25, 0.3) is 16.5 Å². The van der Waals surface area contributed by atoms with E-state index in [2.05, 4.69) is 20.4 Å². The molecule has 4 aromatic rings. The van der Waals surface area contributed by atoms with E-state index in [1.165, 1.54) is 4.68 Å². The fraction of sp³-hybridized carbons (Fsp3) is 0.250. The third-order valence-electron chi connectivity index (χ3n) is 5.72. The number of thiazole rings is 1. The smallest absolute Gasteiger partial charge is 0.279 e. The SMILES string of the molecule is Cc1nc(CN2CCN(C(=O)c3nn(-c4ccccc4)c(=O)c4ccccc34)CC2)cs1. The average Bonchev–Trinajstić information content (AvgIpc) is 3.24. The minimum absolute atomic E-state index is 0.143. The van der Waals surface area contributed by atoms with Crippen molar-refractivity contribution in [1.29, 1.82) is 0 Å². The largest absolute Gasteiger partial charge is 0.335 e. The first-order chi connectivity index (χ1) is 15.6. The number of fused-ring (bicyclic) bond motifs is 1. The minimum atomic E-state index is -0.230. The highest BCUT2D eigenvalue weighted by Crippen LogP contribution is 2.19. The number of rotatable bonds is 4. The van der Waals surface area contributed by atoms with Crippen molar-refractivity contribution in [1.82, 2.24) is 24.6 Å². The first kappa shape index (κ1) is 20.5. The van der Waals surface area contributed by atoms with E-state index in [0.29, 0.717) is 35.2 Å². The molecule has 0 radical (unpaired) electrons. The molecule has 7 nitrogen and oxygen atoms in total. The molecule has 2 aromatic carbocycles. The highest BCUT2D eigenvalue weighted by atomic mass is 32.1. The van der Waals surface area contributed by atoms with Crippen molar-refractivity contribution < 1.29 is 4.79 Å². The fourth-order valence-corrected chi connectivity index (χ4v) is 4.66. The Bertz CT molecular complexity index is 1320. The van der Waals surface area contributed by atoms with Crippen molar-refractivity contribution in [2.24, 2.45) is 0 Å². The molecule has 0 aliphatic carbocycles. The summed E-state index contributed by atoms with van der Waals surface area (Å²) < 4.78 is 1.33. The Labute approximate surface area is 189 Å². The maximum Gasteiger partial charge on any atom is 0.279 e. The summed E-state index contributed by atoms with van der Waals surface area (Å²) in [5, 5.41) is 8.77. The van der Waals surface area contributed by atoms with Crippen molar-refractivity contribution in [3.05, 3.63) is 86.7 Å². The molecule has 2 aromatic heterocycles. The molecule has 32 heavy (non-hydrogen) atoms. The van der Waals surface area contributed by atoms with Gasteiger partial charge in [-0.25, -0.2) is 4.98 Å². The summed E-state index contributed by atoms with van der Waals surface area (Å²) in [6.45, 7) is 5.59. The van der Waals surface area contributed by atoms with Gasteiger partial charge in [0.25, 0.3) is 11.5 Å². The standard InChI is InChI=1S/C24H23N5O2S/c1-17-25-18(16-32-17)15-27-11-13-28(14-12-27)24(31)22-20-9-5-6-10-21(20)23(30)29(26-22)19-7-3-2-4-8-19/h2-10,16H,11-15H2,1H3. The van der Waals surface area contributed by atoms with E-state index in [0.717, 1.165) is 30.3 Å². The zero-order valence-corrected chi connectivity index (χ0v) is 18.6. The van der Waals surface area contributed by atoms with Gasteiger partial charge in [-0.05, 0) is 25.1 Å². The fourth-order valence-electron chi connectivity index (χ4n) is 4.06. The number of aromatic nitrogens is 3. The number of hydrogen-bond donors (Lipinski definition) is 0. The van der Waals surface area contributed by atoms with Crippen LogP contribution in [0.4, 0.5) is 0 Å². The first-order valence-corrected chi connectivity index (χ1v) is 11.5. The number of aryl methyl sites for hydroxylation is 1. The number of amides is 1. The van der Waals surface area contributed by atoms with Gasteiger partial charge in [0.05, 0.1) is 21.8 Å². The number of piperazine rings is 1. The van der Waals surface area contributed by atoms with E-state index in [1.807, 2.05) is 54.3 Å². The van der Waals surface area contributed by atoms with Gasteiger partial charge in [-0.15, -0.1) is 11.3 Å². The lowest BCUT2D eigenvalue weighted by molar-refractivity contribution is 0.0622. The average molecular weight is 446 g/mol. The molecule has 1 saturated heterocycles. The summed E-state index contributed by atoms with van der Waals surface area (Å²) in [5.74, 6) is -0.143. The van der Waals surface area contributed by atoms with Crippen LogP contribution in [-0.2, 0) is 6.54 Å². The minimum Gasteiger partial charge on any atom is -0.335 e. The van der Waals surface area contributed by atoms with Crippen molar-refractivity contribution in [3.8, 4) is 5.69 Å². The first-order valence-electron chi connectivity index (χ1n) is 10.6. The van der Waals surface area contributed by atoms with Gasteiger partial charge in [0.1, 0.15) is 0 Å². The Balaban J connectivity index is 1.42. The molecule has 162 valence electrons. The molecule has 0 bridgehead atoms. The van der Waals surface area contributed by atoms with Crippen LogP contribution in [0.2, 0.25) is 0 Å². The van der Waals surface area contributed by atoms with Gasteiger partial charge in [-0.3, -0.25) is 14.5 Å². The summed E-state index contributed by atoms with van der Waals surface area (Å²) in [4.78, 5) is 35.2. The highest BCUT2D eigenvalue weighted by molar-refractivity contribution is 7.09. The zero-order chi connectivity index (χ0) is 22.1. The molecule has 0 unspecified atom stereocenters. The lowest BCUT2D eigenvalue weighted by Gasteiger charge is -2.34. The summed E-state index contributed by atoms with van der Waals surface area (Å²) in [5.41, 5.74) is 1.80. The van der Waals surface area contributed by atoms with E-state index in [4.69, 9.17) is 0 Å². The molecule has 1 fully saturated rings. The summed E-state index contributed by atoms with van der Waals surface area (Å²) in [7, 11) is 0. The van der Waals surface area contributed by atoms with Crippen molar-refractivity contribution >= 4 is 28.0 Å². The van der Waals surface area contributed by atoms with Crippen molar-refractivity contribution in [2.75, 3.05) is 26.2 Å². The molecule has 1 aliphatic heterocycles. The molecule has 1 amide bonds. The monoisotopic (exact) mass is 445 g/mol. The van der Waals surface area contributed by atoms with Gasteiger partial charge in [0.15, 0.2) is 5.69 Å². The molecule has 0 atom stereocenters. The maximum atomic E-state index is 13.5. The zero-order valence-electron chi connectivity index (χ0n) is 17.8. The number of carbonyl (C=O) groups is 1. The summed E-state index contributed by atoms with van der Waals surface area (Å²) >= 11 is 1.66. The molecular weight excluding hydrogens is 422 g/mol. The van der Waals surface area contributed by atoms with E-state index in [-0.39, 0.29) is 11.5 Å². The molecular formula is C24H23N5O2S. The molecule has 3 heterocycles. The summed E-state index contributed by atoms with van der Waals surface area (Å²) in [6, 6.07) is 16.4. The molecule has 8 heteroatoms. The number of nitrogens with zero attached hydrogens (tertiary/aromatic N) is 5. The quantitative estimate of drug-likeness (QED) is 0.483. The number of para-hydroxylation sites is 1. The Morgan fingerprint density at radius 3 is 2.34 bits per heavy atom. The van der Waals surface area contributed by atoms with E-state index in [1.54, 1.807) is 23.5 Å². The van der Waals surface area contributed by atoms with Gasteiger partial charge in [0, 0.05) is 43.5 Å². The predicted octanol–water partition coefficient (Wildman–Crippen LogP) is 3.11. The van der Waals surface area contributed by atoms with Crippen molar-refractivity contribution in [3.63, 3.8) is 0 Å². The molecule has 0 spiro atoms. The van der Waals surface area contributed by atoms with Crippen LogP contribution < -0.4 is 5.56 Å². The van der Waals surface area contributed by atoms with E-state index < -0.39 is 0 Å². The van der Waals surface area contributed by atoms with Crippen LogP contribution in [-0.4, -0.2) is 56.7 Å². The number of benzene rings is 2. The third kappa shape index (κ3) is 3.94. The van der Waals surface area contributed by atoms with Crippen LogP contribution in [0.15, 0.2) is 64.8 Å². The predicted molar refractivity (Wildman–Crippen MR) is 125 cm³/mol. The Kier molecular flexibility index (Phi) is 5.55. The molecule has 5 rings (SSSR count). The Morgan fingerprint density at radius 1 is 0.969 bits per heavy atom. The molecule has 0 saturated carbocycles. The van der Waals surface area contributed by atoms with Crippen LogP contribution >= 0.6 is 11.3 Å². The van der Waals surface area contributed by atoms with Gasteiger partial charge >= 0.3 is 0 Å².